The van der Waals surface area contributed by atoms with Crippen molar-refractivity contribution in [1.82, 2.24) is 4.31 Å². The average Bonchev–Trinajstić information content (AvgIpc) is 2.70. The number of rotatable bonds is 10. The van der Waals surface area contributed by atoms with Crippen molar-refractivity contribution in [2.75, 3.05) is 28.9 Å². The van der Waals surface area contributed by atoms with Crippen molar-refractivity contribution >= 4 is 37.3 Å². The maximum Gasteiger partial charge on any atom is 0.255 e. The highest BCUT2D eigenvalue weighted by Gasteiger charge is 2.23. The van der Waals surface area contributed by atoms with Crippen LogP contribution in [0.1, 0.15) is 43.1 Å². The molecule has 0 saturated heterocycles. The zero-order chi connectivity index (χ0) is 23.2. The summed E-state index contributed by atoms with van der Waals surface area (Å²) in [5.74, 6) is -0.425. The van der Waals surface area contributed by atoms with Crippen molar-refractivity contribution in [1.29, 1.82) is 0 Å². The van der Waals surface area contributed by atoms with Crippen LogP contribution in [0.25, 0.3) is 0 Å². The van der Waals surface area contributed by atoms with Gasteiger partial charge in [-0.1, -0.05) is 26.8 Å². The van der Waals surface area contributed by atoms with Gasteiger partial charge < -0.3 is 5.32 Å². The Bertz CT molecular complexity index is 1120. The zero-order valence-electron chi connectivity index (χ0n) is 18.2. The van der Waals surface area contributed by atoms with Crippen LogP contribution in [0, 0.1) is 6.92 Å². The Morgan fingerprint density at radius 1 is 0.903 bits per heavy atom. The van der Waals surface area contributed by atoms with Gasteiger partial charge in [-0.05, 0) is 55.3 Å². The minimum atomic E-state index is -3.69. The first-order chi connectivity index (χ1) is 14.5. The van der Waals surface area contributed by atoms with Crippen LogP contribution < -0.4 is 10.0 Å². The van der Waals surface area contributed by atoms with Crippen molar-refractivity contribution in [3.63, 3.8) is 0 Å². The topological polar surface area (TPSA) is 113 Å². The standard InChI is InChI=1S/C21H29N3O5S2/c1-5-14-30(26,27)23-18-11-9-17(10-12-18)22-21(25)20-15-19(13-8-16(20)4)31(28,29)24(6-2)7-3/h8-13,15,23H,5-7,14H2,1-4H3,(H,22,25). The number of hydrogen-bond donors (Lipinski definition) is 2. The Hall–Kier alpha value is -2.43. The van der Waals surface area contributed by atoms with Crippen LogP contribution >= 0.6 is 0 Å². The molecule has 0 spiro atoms. The number of hydrogen-bond acceptors (Lipinski definition) is 5. The Morgan fingerprint density at radius 2 is 1.48 bits per heavy atom. The summed E-state index contributed by atoms with van der Waals surface area (Å²) < 4.78 is 53.1. The highest BCUT2D eigenvalue weighted by atomic mass is 32.2. The van der Waals surface area contributed by atoms with Crippen molar-refractivity contribution in [3.05, 3.63) is 53.6 Å². The molecule has 0 saturated carbocycles. The molecule has 10 heteroatoms. The van der Waals surface area contributed by atoms with Gasteiger partial charge in [-0.15, -0.1) is 0 Å². The highest BCUT2D eigenvalue weighted by molar-refractivity contribution is 7.92. The predicted octanol–water partition coefficient (Wildman–Crippen LogP) is 3.43. The second-order valence-corrected chi connectivity index (χ2v) is 10.8. The molecule has 0 fully saturated rings. The number of aryl methyl sites for hydroxylation is 1. The van der Waals surface area contributed by atoms with E-state index in [-0.39, 0.29) is 16.2 Å². The van der Waals surface area contributed by atoms with E-state index in [0.717, 1.165) is 0 Å². The van der Waals surface area contributed by atoms with Gasteiger partial charge >= 0.3 is 0 Å². The Labute approximate surface area is 184 Å². The van der Waals surface area contributed by atoms with Gasteiger partial charge in [0.15, 0.2) is 0 Å². The first-order valence-electron chi connectivity index (χ1n) is 10.1. The second-order valence-electron chi connectivity index (χ2n) is 7.02. The van der Waals surface area contributed by atoms with E-state index < -0.39 is 26.0 Å². The summed E-state index contributed by atoms with van der Waals surface area (Å²) in [7, 11) is -7.08. The lowest BCUT2D eigenvalue weighted by Crippen LogP contribution is -2.30. The van der Waals surface area contributed by atoms with Gasteiger partial charge in [0, 0.05) is 30.0 Å². The third-order valence-corrected chi connectivity index (χ3v) is 8.22. The monoisotopic (exact) mass is 467 g/mol. The van der Waals surface area contributed by atoms with Crippen LogP contribution in [-0.4, -0.2) is 45.9 Å². The van der Waals surface area contributed by atoms with Crippen molar-refractivity contribution in [2.24, 2.45) is 0 Å². The van der Waals surface area contributed by atoms with Crippen molar-refractivity contribution < 1.29 is 21.6 Å². The number of nitrogens with one attached hydrogen (secondary N) is 2. The van der Waals surface area contributed by atoms with E-state index in [0.29, 0.717) is 36.4 Å². The first kappa shape index (κ1) is 24.8. The van der Waals surface area contributed by atoms with Crippen LogP contribution in [0.2, 0.25) is 0 Å². The van der Waals surface area contributed by atoms with E-state index in [1.54, 1.807) is 58.0 Å². The molecule has 1 amide bonds. The summed E-state index contributed by atoms with van der Waals surface area (Å²) in [6.07, 6.45) is 0.506. The van der Waals surface area contributed by atoms with Crippen LogP contribution in [-0.2, 0) is 20.0 Å². The third kappa shape index (κ3) is 6.28. The quantitative estimate of drug-likeness (QED) is 0.556. The maximum atomic E-state index is 12.8. The fourth-order valence-electron chi connectivity index (χ4n) is 3.04. The van der Waals surface area contributed by atoms with E-state index in [4.69, 9.17) is 0 Å². The van der Waals surface area contributed by atoms with Gasteiger partial charge in [-0.2, -0.15) is 4.31 Å². The minimum Gasteiger partial charge on any atom is -0.322 e. The smallest absolute Gasteiger partial charge is 0.255 e. The van der Waals surface area contributed by atoms with Gasteiger partial charge in [0.05, 0.1) is 10.6 Å². The molecule has 2 N–H and O–H groups in total. The molecule has 8 nitrogen and oxygen atoms in total. The minimum absolute atomic E-state index is 0.0253. The van der Waals surface area contributed by atoms with Crippen LogP contribution in [0.3, 0.4) is 0 Å². The van der Waals surface area contributed by atoms with E-state index in [9.17, 15) is 21.6 Å². The molecule has 0 unspecified atom stereocenters. The molecule has 0 aliphatic carbocycles. The van der Waals surface area contributed by atoms with Crippen molar-refractivity contribution in [2.45, 2.75) is 39.0 Å². The molecule has 2 aromatic rings. The lowest BCUT2D eigenvalue weighted by Gasteiger charge is -2.19. The molecular formula is C21H29N3O5S2. The normalized spacial score (nSPS) is 12.0. The van der Waals surface area contributed by atoms with Gasteiger partial charge in [0.2, 0.25) is 20.0 Å². The summed E-state index contributed by atoms with van der Waals surface area (Å²) in [6.45, 7) is 7.70. The molecule has 0 atom stereocenters. The first-order valence-corrected chi connectivity index (χ1v) is 13.2. The van der Waals surface area contributed by atoms with Crippen molar-refractivity contribution in [3.8, 4) is 0 Å². The molecule has 0 aliphatic rings. The molecule has 170 valence electrons. The van der Waals surface area contributed by atoms with Crippen LogP contribution in [0.15, 0.2) is 47.4 Å². The van der Waals surface area contributed by atoms with E-state index >= 15 is 0 Å². The number of carbonyl (C=O) groups excluding carboxylic acids is 1. The summed E-state index contributed by atoms with van der Waals surface area (Å²) in [4.78, 5) is 12.9. The molecule has 2 aromatic carbocycles. The van der Waals surface area contributed by atoms with Gasteiger partial charge in [0.1, 0.15) is 0 Å². The molecule has 0 aromatic heterocycles. The van der Waals surface area contributed by atoms with Crippen LogP contribution in [0.5, 0.6) is 0 Å². The Morgan fingerprint density at radius 3 is 2.03 bits per heavy atom. The Kier molecular flexibility index (Phi) is 8.21. The maximum absolute atomic E-state index is 12.8. The highest BCUT2D eigenvalue weighted by Crippen LogP contribution is 2.21. The number of anilines is 2. The van der Waals surface area contributed by atoms with E-state index in [1.807, 2.05) is 0 Å². The van der Waals surface area contributed by atoms with E-state index in [1.165, 1.54) is 16.4 Å². The summed E-state index contributed by atoms with van der Waals surface area (Å²) in [5.41, 5.74) is 1.75. The summed E-state index contributed by atoms with van der Waals surface area (Å²) >= 11 is 0. The van der Waals surface area contributed by atoms with Gasteiger partial charge in [0.25, 0.3) is 5.91 Å². The lowest BCUT2D eigenvalue weighted by atomic mass is 10.1. The fraction of sp³-hybridized carbons (Fsp3) is 0.381. The average molecular weight is 468 g/mol. The molecule has 0 heterocycles. The largest absolute Gasteiger partial charge is 0.322 e. The van der Waals surface area contributed by atoms with Gasteiger partial charge in [-0.3, -0.25) is 9.52 Å². The number of nitrogens with zero attached hydrogens (tertiary/aromatic N) is 1. The molecule has 0 radical (unpaired) electrons. The van der Waals surface area contributed by atoms with Crippen LogP contribution in [0.4, 0.5) is 11.4 Å². The number of amides is 1. The van der Waals surface area contributed by atoms with E-state index in [2.05, 4.69) is 10.0 Å². The molecule has 0 bridgehead atoms. The lowest BCUT2D eigenvalue weighted by molar-refractivity contribution is 0.102. The predicted molar refractivity (Wildman–Crippen MR) is 123 cm³/mol. The molecule has 2 rings (SSSR count). The fourth-order valence-corrected chi connectivity index (χ4v) is 5.66. The second kappa shape index (κ2) is 10.3. The Balaban J connectivity index is 2.22. The van der Waals surface area contributed by atoms with Gasteiger partial charge in [-0.25, -0.2) is 16.8 Å². The number of sulfonamides is 2. The molecular weight excluding hydrogens is 438 g/mol. The molecule has 0 aliphatic heterocycles. The number of benzene rings is 2. The zero-order valence-corrected chi connectivity index (χ0v) is 19.8. The molecule has 31 heavy (non-hydrogen) atoms. The number of carbonyl (C=O) groups is 1. The summed E-state index contributed by atoms with van der Waals surface area (Å²) in [6, 6.07) is 10.7. The third-order valence-electron chi connectivity index (χ3n) is 4.69. The summed E-state index contributed by atoms with van der Waals surface area (Å²) in [5, 5.41) is 2.73. The SMILES string of the molecule is CCCS(=O)(=O)Nc1ccc(NC(=O)c2cc(S(=O)(=O)N(CC)CC)ccc2C)cc1.